The van der Waals surface area contributed by atoms with Gasteiger partial charge in [0.2, 0.25) is 11.7 Å². The highest BCUT2D eigenvalue weighted by atomic mass is 16.5. The summed E-state index contributed by atoms with van der Waals surface area (Å²) in [6, 6.07) is 7.28. The molecule has 2 heterocycles. The van der Waals surface area contributed by atoms with Crippen LogP contribution in [0.4, 0.5) is 5.82 Å². The summed E-state index contributed by atoms with van der Waals surface area (Å²) in [4.78, 5) is 35.8. The zero-order valence-corrected chi connectivity index (χ0v) is 20.1. The Labute approximate surface area is 199 Å². The van der Waals surface area contributed by atoms with Crippen LogP contribution in [0.3, 0.4) is 0 Å². The number of Topliss-reactive ketones (excluding diaryl/α,β-unsaturated/α-hetero) is 1. The molecule has 1 aromatic heterocycles. The third-order valence-corrected chi connectivity index (χ3v) is 6.33. The van der Waals surface area contributed by atoms with Gasteiger partial charge in [0.1, 0.15) is 5.82 Å². The SMILES string of the molecule is COc1cc([C@H]2C3=C(CCCC3=O)N=C(C)C2C(=O)Nc2cc(C)ccn2)cc(OC)c1OC. The molecule has 1 N–H and O–H groups in total. The maximum atomic E-state index is 13.6. The van der Waals surface area contributed by atoms with E-state index in [2.05, 4.69) is 10.3 Å². The molecular formula is C26H29N3O5. The molecule has 0 bridgehead atoms. The number of allylic oxidation sites excluding steroid dienone is 2. The van der Waals surface area contributed by atoms with Crippen LogP contribution in [0.15, 0.2) is 46.7 Å². The highest BCUT2D eigenvalue weighted by Gasteiger charge is 2.43. The van der Waals surface area contributed by atoms with Crippen molar-refractivity contribution in [3.05, 3.63) is 52.9 Å². The number of benzene rings is 1. The summed E-state index contributed by atoms with van der Waals surface area (Å²) in [7, 11) is 4.62. The number of anilines is 1. The number of nitrogens with one attached hydrogen (secondary N) is 1. The summed E-state index contributed by atoms with van der Waals surface area (Å²) in [6.45, 7) is 3.77. The lowest BCUT2D eigenvalue weighted by Crippen LogP contribution is -2.39. The molecule has 2 atom stereocenters. The number of methoxy groups -OCH3 is 3. The first kappa shape index (κ1) is 23.5. The zero-order valence-electron chi connectivity index (χ0n) is 20.1. The molecule has 178 valence electrons. The fourth-order valence-corrected chi connectivity index (χ4v) is 4.80. The van der Waals surface area contributed by atoms with Crippen LogP contribution in [0.2, 0.25) is 0 Å². The summed E-state index contributed by atoms with van der Waals surface area (Å²) >= 11 is 0. The number of hydrogen-bond donors (Lipinski definition) is 1. The molecule has 8 heteroatoms. The summed E-state index contributed by atoms with van der Waals surface area (Å²) in [6.07, 6.45) is 3.53. The quantitative estimate of drug-likeness (QED) is 0.688. The van der Waals surface area contributed by atoms with Crippen molar-refractivity contribution in [2.75, 3.05) is 26.6 Å². The van der Waals surface area contributed by atoms with Gasteiger partial charge in [0.15, 0.2) is 17.3 Å². The second-order valence-corrected chi connectivity index (χ2v) is 8.51. The molecule has 2 aliphatic rings. The minimum atomic E-state index is -0.703. The number of pyridine rings is 1. The molecule has 1 aromatic carbocycles. The number of aromatic nitrogens is 1. The van der Waals surface area contributed by atoms with Gasteiger partial charge in [0.05, 0.1) is 27.2 Å². The Morgan fingerprint density at radius 2 is 1.74 bits per heavy atom. The number of aryl methyl sites for hydroxylation is 1. The Morgan fingerprint density at radius 3 is 2.35 bits per heavy atom. The Kier molecular flexibility index (Phi) is 6.68. The van der Waals surface area contributed by atoms with E-state index >= 15 is 0 Å². The third-order valence-electron chi connectivity index (χ3n) is 6.33. The number of carbonyl (C=O) groups excluding carboxylic acids is 2. The van der Waals surface area contributed by atoms with Crippen molar-refractivity contribution in [3.63, 3.8) is 0 Å². The Bertz CT molecular complexity index is 1180. The van der Waals surface area contributed by atoms with Crippen LogP contribution in [0.5, 0.6) is 17.2 Å². The van der Waals surface area contributed by atoms with Gasteiger partial charge in [-0.05, 0) is 62.1 Å². The fraction of sp³-hybridized carbons (Fsp3) is 0.385. The number of hydrogen-bond acceptors (Lipinski definition) is 7. The van der Waals surface area contributed by atoms with Gasteiger partial charge >= 0.3 is 0 Å². The van der Waals surface area contributed by atoms with Crippen LogP contribution in [0.25, 0.3) is 0 Å². The van der Waals surface area contributed by atoms with Gasteiger partial charge in [-0.2, -0.15) is 0 Å². The van der Waals surface area contributed by atoms with Crippen molar-refractivity contribution < 1.29 is 23.8 Å². The average Bonchev–Trinajstić information content (AvgIpc) is 2.82. The number of nitrogens with zero attached hydrogens (tertiary/aromatic N) is 2. The van der Waals surface area contributed by atoms with E-state index in [4.69, 9.17) is 19.2 Å². The summed E-state index contributed by atoms with van der Waals surface area (Å²) in [5, 5.41) is 2.92. The first-order valence-electron chi connectivity index (χ1n) is 11.2. The molecule has 34 heavy (non-hydrogen) atoms. The van der Waals surface area contributed by atoms with Crippen LogP contribution in [0, 0.1) is 12.8 Å². The number of ketones is 1. The fourth-order valence-electron chi connectivity index (χ4n) is 4.80. The molecule has 0 saturated heterocycles. The zero-order chi connectivity index (χ0) is 24.4. The van der Waals surface area contributed by atoms with E-state index in [1.54, 1.807) is 26.5 Å². The number of amides is 1. The highest BCUT2D eigenvalue weighted by Crippen LogP contribution is 2.47. The highest BCUT2D eigenvalue weighted by molar-refractivity contribution is 6.13. The van der Waals surface area contributed by atoms with Crippen molar-refractivity contribution in [2.24, 2.45) is 10.9 Å². The van der Waals surface area contributed by atoms with Crippen LogP contribution in [0.1, 0.15) is 43.2 Å². The van der Waals surface area contributed by atoms with Crippen LogP contribution in [-0.4, -0.2) is 43.7 Å². The number of ether oxygens (including phenoxy) is 3. The molecular weight excluding hydrogens is 434 g/mol. The third kappa shape index (κ3) is 4.27. The molecule has 1 aliphatic heterocycles. The molecule has 1 unspecified atom stereocenters. The molecule has 1 aliphatic carbocycles. The standard InChI is InChI=1S/C26H29N3O5/c1-14-9-10-27-21(11-14)29-26(31)22-15(2)28-17-7-6-8-18(30)24(17)23(22)16-12-19(32-3)25(34-5)20(13-16)33-4/h9-13,22-23H,6-8H2,1-5H3,(H,27,29,31)/t22?,23-/m1/s1. The largest absolute Gasteiger partial charge is 0.493 e. The van der Waals surface area contributed by atoms with E-state index in [1.807, 2.05) is 32.0 Å². The van der Waals surface area contributed by atoms with Crippen molar-refractivity contribution in [3.8, 4) is 17.2 Å². The van der Waals surface area contributed by atoms with Crippen molar-refractivity contribution in [1.82, 2.24) is 4.98 Å². The maximum absolute atomic E-state index is 13.6. The number of carbonyl (C=O) groups is 2. The van der Waals surface area contributed by atoms with Crippen molar-refractivity contribution in [1.29, 1.82) is 0 Å². The molecule has 4 rings (SSSR count). The van der Waals surface area contributed by atoms with Gasteiger partial charge in [-0.25, -0.2) is 4.98 Å². The van der Waals surface area contributed by atoms with Crippen molar-refractivity contribution in [2.45, 2.75) is 39.0 Å². The van der Waals surface area contributed by atoms with Gasteiger partial charge in [-0.3, -0.25) is 14.6 Å². The lowest BCUT2D eigenvalue weighted by Gasteiger charge is -2.35. The molecule has 0 saturated carbocycles. The molecule has 8 nitrogen and oxygen atoms in total. The topological polar surface area (TPSA) is 99.1 Å². The molecule has 1 amide bonds. The predicted octanol–water partition coefficient (Wildman–Crippen LogP) is 4.24. The van der Waals surface area contributed by atoms with E-state index in [0.717, 1.165) is 23.2 Å². The summed E-state index contributed by atoms with van der Waals surface area (Å²) in [5.41, 5.74) is 3.70. The molecule has 0 spiro atoms. The second kappa shape index (κ2) is 9.67. The first-order valence-corrected chi connectivity index (χ1v) is 11.2. The van der Waals surface area contributed by atoms with E-state index in [9.17, 15) is 9.59 Å². The van der Waals surface area contributed by atoms with E-state index in [-0.39, 0.29) is 11.7 Å². The Balaban J connectivity index is 1.86. The van der Waals surface area contributed by atoms with Crippen molar-refractivity contribution >= 4 is 23.2 Å². The predicted molar refractivity (Wildman–Crippen MR) is 129 cm³/mol. The molecule has 2 aromatic rings. The van der Waals surface area contributed by atoms with Gasteiger partial charge in [0.25, 0.3) is 0 Å². The summed E-state index contributed by atoms with van der Waals surface area (Å²) in [5.74, 6) is 0.319. The molecule has 0 radical (unpaired) electrons. The van der Waals surface area contributed by atoms with Gasteiger partial charge in [-0.1, -0.05) is 0 Å². The van der Waals surface area contributed by atoms with E-state index < -0.39 is 11.8 Å². The minimum Gasteiger partial charge on any atom is -0.493 e. The average molecular weight is 464 g/mol. The lowest BCUT2D eigenvalue weighted by molar-refractivity contribution is -0.119. The van der Waals surface area contributed by atoms with Gasteiger partial charge < -0.3 is 19.5 Å². The first-order chi connectivity index (χ1) is 16.4. The second-order valence-electron chi connectivity index (χ2n) is 8.51. The maximum Gasteiger partial charge on any atom is 0.235 e. The number of rotatable bonds is 6. The Hall–Kier alpha value is -3.68. The van der Waals surface area contributed by atoms with Crippen LogP contribution >= 0.6 is 0 Å². The Morgan fingerprint density at radius 1 is 1.03 bits per heavy atom. The smallest absolute Gasteiger partial charge is 0.235 e. The van der Waals surface area contributed by atoms with E-state index in [1.165, 1.54) is 7.11 Å². The summed E-state index contributed by atoms with van der Waals surface area (Å²) < 4.78 is 16.6. The monoisotopic (exact) mass is 463 g/mol. The lowest BCUT2D eigenvalue weighted by atomic mass is 9.71. The van der Waals surface area contributed by atoms with Crippen LogP contribution < -0.4 is 19.5 Å². The van der Waals surface area contributed by atoms with E-state index in [0.29, 0.717) is 47.2 Å². The van der Waals surface area contributed by atoms with Gasteiger partial charge in [0, 0.05) is 35.5 Å². The number of aliphatic imine (C=N–C) groups is 1. The van der Waals surface area contributed by atoms with Crippen LogP contribution in [-0.2, 0) is 9.59 Å². The normalized spacial score (nSPS) is 19.8. The van der Waals surface area contributed by atoms with Gasteiger partial charge in [-0.15, -0.1) is 0 Å². The minimum absolute atomic E-state index is 0.0164. The molecule has 0 fully saturated rings.